The van der Waals surface area contributed by atoms with Gasteiger partial charge in [-0.3, -0.25) is 0 Å². The lowest BCUT2D eigenvalue weighted by atomic mass is 10.00. The van der Waals surface area contributed by atoms with E-state index in [-0.39, 0.29) is 0 Å². The summed E-state index contributed by atoms with van der Waals surface area (Å²) < 4.78 is 0. The molecule has 130 valence electrons. The molecule has 1 aromatic carbocycles. The third-order valence-electron chi connectivity index (χ3n) is 4.99. The second-order valence-corrected chi connectivity index (χ2v) is 6.85. The summed E-state index contributed by atoms with van der Waals surface area (Å²) in [4.78, 5) is 10.2. The van der Waals surface area contributed by atoms with Gasteiger partial charge in [0.1, 0.15) is 0 Å². The van der Waals surface area contributed by atoms with E-state index in [1.807, 2.05) is 0 Å². The monoisotopic (exact) mass is 336 g/mol. The smallest absolute Gasteiger partial charge is 0.247 e. The van der Waals surface area contributed by atoms with Crippen molar-refractivity contribution in [1.82, 2.24) is 20.2 Å². The van der Waals surface area contributed by atoms with E-state index in [9.17, 15) is 0 Å². The number of anilines is 2. The van der Waals surface area contributed by atoms with E-state index in [0.717, 1.165) is 43.7 Å². The number of rotatable bonds is 5. The number of para-hydroxylation sites is 1. The lowest BCUT2D eigenvalue weighted by molar-refractivity contribution is 0.433. The van der Waals surface area contributed by atoms with Crippen molar-refractivity contribution in [2.24, 2.45) is 5.92 Å². The fraction of sp³-hybridized carbons (Fsp3) is 0.421. The van der Waals surface area contributed by atoms with Crippen molar-refractivity contribution < 1.29 is 0 Å². The molecule has 0 aliphatic carbocycles. The zero-order chi connectivity index (χ0) is 17.1. The van der Waals surface area contributed by atoms with Crippen LogP contribution >= 0.6 is 0 Å². The zero-order valence-corrected chi connectivity index (χ0v) is 14.6. The van der Waals surface area contributed by atoms with Crippen LogP contribution < -0.4 is 10.2 Å². The molecule has 6 nitrogen and oxygen atoms in total. The summed E-state index contributed by atoms with van der Waals surface area (Å²) in [5.74, 6) is 2.33. The second kappa shape index (κ2) is 7.09. The van der Waals surface area contributed by atoms with Crippen LogP contribution in [0.3, 0.4) is 0 Å². The van der Waals surface area contributed by atoms with Crippen LogP contribution in [0.2, 0.25) is 0 Å². The van der Waals surface area contributed by atoms with Crippen LogP contribution in [0.1, 0.15) is 25.3 Å². The molecule has 6 heteroatoms. The average Bonchev–Trinajstić information content (AvgIpc) is 3.06. The number of aromatic amines is 1. The van der Waals surface area contributed by atoms with Gasteiger partial charge in [0, 0.05) is 36.7 Å². The number of hydrogen-bond donors (Lipinski definition) is 2. The van der Waals surface area contributed by atoms with Crippen LogP contribution in [0.15, 0.2) is 36.7 Å². The van der Waals surface area contributed by atoms with Crippen molar-refractivity contribution in [3.8, 4) is 0 Å². The van der Waals surface area contributed by atoms with Crippen LogP contribution in [0, 0.1) is 5.92 Å². The van der Waals surface area contributed by atoms with E-state index < -0.39 is 0 Å². The third-order valence-corrected chi connectivity index (χ3v) is 4.99. The van der Waals surface area contributed by atoms with E-state index >= 15 is 0 Å². The van der Waals surface area contributed by atoms with Crippen molar-refractivity contribution in [3.05, 3.63) is 42.2 Å². The molecule has 2 aromatic heterocycles. The first-order chi connectivity index (χ1) is 12.3. The van der Waals surface area contributed by atoms with E-state index in [2.05, 4.69) is 67.8 Å². The lowest BCUT2D eigenvalue weighted by Crippen LogP contribution is -2.34. The minimum atomic E-state index is 0.740. The highest BCUT2D eigenvalue weighted by atomic mass is 15.3. The fourth-order valence-electron chi connectivity index (χ4n) is 3.39. The summed E-state index contributed by atoms with van der Waals surface area (Å²) >= 11 is 0. The molecule has 3 aromatic rings. The molecular weight excluding hydrogens is 312 g/mol. The molecular formula is C19H24N6. The van der Waals surface area contributed by atoms with Crippen molar-refractivity contribution in [2.45, 2.75) is 26.2 Å². The van der Waals surface area contributed by atoms with Crippen molar-refractivity contribution in [2.75, 3.05) is 29.9 Å². The quantitative estimate of drug-likeness (QED) is 0.748. The predicted molar refractivity (Wildman–Crippen MR) is 101 cm³/mol. The van der Waals surface area contributed by atoms with Gasteiger partial charge in [-0.2, -0.15) is 10.1 Å². The average molecular weight is 336 g/mol. The Bertz CT molecular complexity index is 835. The first-order valence-electron chi connectivity index (χ1n) is 9.03. The highest BCUT2D eigenvalue weighted by Crippen LogP contribution is 2.21. The van der Waals surface area contributed by atoms with E-state index in [0.29, 0.717) is 0 Å². The van der Waals surface area contributed by atoms with Crippen molar-refractivity contribution in [3.63, 3.8) is 0 Å². The Labute approximate surface area is 147 Å². The summed E-state index contributed by atoms with van der Waals surface area (Å²) in [5.41, 5.74) is 2.50. The van der Waals surface area contributed by atoms with Gasteiger partial charge in [0.05, 0.1) is 6.20 Å². The Morgan fingerprint density at radius 3 is 2.96 bits per heavy atom. The van der Waals surface area contributed by atoms with Gasteiger partial charge in [0.25, 0.3) is 0 Å². The van der Waals surface area contributed by atoms with Gasteiger partial charge in [0.15, 0.2) is 5.82 Å². The van der Waals surface area contributed by atoms with E-state index in [1.165, 1.54) is 29.3 Å². The SMILES string of the molecule is CC1CCN(c2nncc(NCCc3c[nH]c4ccccc34)n2)CC1. The predicted octanol–water partition coefficient (Wildman–Crippen LogP) is 3.24. The third kappa shape index (κ3) is 3.57. The Balaban J connectivity index is 1.37. The number of aromatic nitrogens is 4. The van der Waals surface area contributed by atoms with Gasteiger partial charge in [-0.25, -0.2) is 0 Å². The lowest BCUT2D eigenvalue weighted by Gasteiger charge is -2.29. The number of H-pyrrole nitrogens is 1. The topological polar surface area (TPSA) is 69.7 Å². The van der Waals surface area contributed by atoms with Crippen molar-refractivity contribution >= 4 is 22.7 Å². The van der Waals surface area contributed by atoms with Crippen molar-refractivity contribution in [1.29, 1.82) is 0 Å². The molecule has 3 heterocycles. The molecule has 2 N–H and O–H groups in total. The van der Waals surface area contributed by atoms with E-state index in [1.54, 1.807) is 6.20 Å². The summed E-state index contributed by atoms with van der Waals surface area (Å²) in [6.07, 6.45) is 7.12. The number of piperidine rings is 1. The molecule has 0 radical (unpaired) electrons. The Morgan fingerprint density at radius 2 is 2.08 bits per heavy atom. The minimum Gasteiger partial charge on any atom is -0.368 e. The van der Waals surface area contributed by atoms with Gasteiger partial charge in [-0.05, 0) is 36.8 Å². The summed E-state index contributed by atoms with van der Waals surface area (Å²) in [6, 6.07) is 8.39. The standard InChI is InChI=1S/C19H24N6/c1-14-7-10-25(11-8-14)19-23-18(13-22-24-19)20-9-6-15-12-21-17-5-3-2-4-16(15)17/h2-5,12-14,21H,6-11H2,1H3,(H,20,23,24). The minimum absolute atomic E-state index is 0.740. The molecule has 1 saturated heterocycles. The van der Waals surface area contributed by atoms with Crippen LogP contribution in [-0.4, -0.2) is 39.8 Å². The number of fused-ring (bicyclic) bond motifs is 1. The number of benzene rings is 1. The van der Waals surface area contributed by atoms with Gasteiger partial charge in [-0.15, -0.1) is 5.10 Å². The highest BCUT2D eigenvalue weighted by molar-refractivity contribution is 5.83. The molecule has 0 bridgehead atoms. The largest absolute Gasteiger partial charge is 0.368 e. The van der Waals surface area contributed by atoms with E-state index in [4.69, 9.17) is 0 Å². The molecule has 25 heavy (non-hydrogen) atoms. The maximum Gasteiger partial charge on any atom is 0.247 e. The molecule has 0 spiro atoms. The maximum absolute atomic E-state index is 4.64. The second-order valence-electron chi connectivity index (χ2n) is 6.85. The number of nitrogens with zero attached hydrogens (tertiary/aromatic N) is 4. The molecule has 4 rings (SSSR count). The van der Waals surface area contributed by atoms with Gasteiger partial charge in [0.2, 0.25) is 5.95 Å². The number of hydrogen-bond acceptors (Lipinski definition) is 5. The first-order valence-corrected chi connectivity index (χ1v) is 9.03. The molecule has 1 aliphatic rings. The van der Waals surface area contributed by atoms with Crippen LogP contribution in [0.4, 0.5) is 11.8 Å². The zero-order valence-electron chi connectivity index (χ0n) is 14.6. The van der Waals surface area contributed by atoms with Crippen LogP contribution in [0.25, 0.3) is 10.9 Å². The first kappa shape index (κ1) is 15.9. The van der Waals surface area contributed by atoms with Gasteiger partial charge >= 0.3 is 0 Å². The Kier molecular flexibility index (Phi) is 4.50. The Hall–Kier alpha value is -2.63. The van der Waals surface area contributed by atoms with Crippen LogP contribution in [0.5, 0.6) is 0 Å². The Morgan fingerprint density at radius 1 is 1.24 bits per heavy atom. The summed E-state index contributed by atoms with van der Waals surface area (Å²) in [7, 11) is 0. The van der Waals surface area contributed by atoms with Gasteiger partial charge in [-0.1, -0.05) is 25.1 Å². The molecule has 0 atom stereocenters. The number of nitrogens with one attached hydrogen (secondary N) is 2. The van der Waals surface area contributed by atoms with Crippen LogP contribution in [-0.2, 0) is 6.42 Å². The fourth-order valence-corrected chi connectivity index (χ4v) is 3.39. The molecule has 1 aliphatic heterocycles. The molecule has 0 saturated carbocycles. The maximum atomic E-state index is 4.64. The summed E-state index contributed by atoms with van der Waals surface area (Å²) in [6.45, 7) is 5.15. The molecule has 0 amide bonds. The molecule has 0 unspecified atom stereocenters. The normalized spacial score (nSPS) is 15.6. The highest BCUT2D eigenvalue weighted by Gasteiger charge is 2.18. The van der Waals surface area contributed by atoms with Gasteiger partial charge < -0.3 is 15.2 Å². The summed E-state index contributed by atoms with van der Waals surface area (Å²) in [5, 5.41) is 13.0. The molecule has 1 fully saturated rings.